The Hall–Kier alpha value is -5.27. The van der Waals surface area contributed by atoms with E-state index in [1.54, 1.807) is 11.3 Å². The van der Waals surface area contributed by atoms with Crippen LogP contribution in [0.2, 0.25) is 0 Å². The number of hydrogen-bond acceptors (Lipinski definition) is 3. The summed E-state index contributed by atoms with van der Waals surface area (Å²) in [6.07, 6.45) is -0.414. The molecule has 0 saturated heterocycles. The fourth-order valence-electron chi connectivity index (χ4n) is 11.9. The Balaban J connectivity index is 1.30. The topological polar surface area (TPSA) is 6.48 Å². The van der Waals surface area contributed by atoms with Crippen LogP contribution in [0.5, 0.6) is 0 Å². The van der Waals surface area contributed by atoms with Crippen molar-refractivity contribution in [2.75, 3.05) is 9.80 Å². The Labute approximate surface area is 394 Å². The second-order valence-electron chi connectivity index (χ2n) is 23.4. The van der Waals surface area contributed by atoms with Crippen molar-refractivity contribution in [3.8, 4) is 11.1 Å². The van der Waals surface area contributed by atoms with Crippen molar-refractivity contribution in [1.29, 1.82) is 0 Å². The lowest BCUT2D eigenvalue weighted by Gasteiger charge is -2.47. The fraction of sp³-hybridized carbons (Fsp3) is 0.356. The molecule has 2 aliphatic carbocycles. The van der Waals surface area contributed by atoms with Gasteiger partial charge in [-0.05, 0) is 146 Å². The predicted octanol–water partition coefficient (Wildman–Crippen LogP) is 15.7. The number of fused-ring (bicyclic) bond motifs is 8. The number of hydrogen-bond donors (Lipinski definition) is 0. The molecular formula is C59H60BF3N2S. The van der Waals surface area contributed by atoms with E-state index in [-0.39, 0.29) is 33.8 Å². The van der Waals surface area contributed by atoms with Crippen LogP contribution in [-0.4, -0.2) is 6.71 Å². The van der Waals surface area contributed by atoms with Crippen molar-refractivity contribution in [1.82, 2.24) is 0 Å². The van der Waals surface area contributed by atoms with Crippen molar-refractivity contribution in [3.05, 3.63) is 149 Å². The summed E-state index contributed by atoms with van der Waals surface area (Å²) in [6.45, 7) is 25.1. The first-order chi connectivity index (χ1) is 31.0. The minimum atomic E-state index is -4.61. The summed E-state index contributed by atoms with van der Waals surface area (Å²) in [5.41, 5.74) is 14.2. The predicted molar refractivity (Wildman–Crippen MR) is 276 cm³/mol. The zero-order valence-corrected chi connectivity index (χ0v) is 41.1. The molecule has 7 heteroatoms. The largest absolute Gasteiger partial charge is 0.416 e. The number of halogens is 3. The van der Waals surface area contributed by atoms with E-state index in [2.05, 4.69) is 171 Å². The van der Waals surface area contributed by atoms with Gasteiger partial charge in [0.2, 0.25) is 0 Å². The molecule has 2 aliphatic heterocycles. The lowest BCUT2D eigenvalue weighted by Crippen LogP contribution is -2.61. The monoisotopic (exact) mass is 896 g/mol. The van der Waals surface area contributed by atoms with Crippen LogP contribution in [0.1, 0.15) is 135 Å². The van der Waals surface area contributed by atoms with Crippen LogP contribution in [0.4, 0.5) is 47.3 Å². The number of anilines is 6. The van der Waals surface area contributed by atoms with Crippen molar-refractivity contribution in [2.24, 2.45) is 0 Å². The normalized spacial score (nSPS) is 18.6. The van der Waals surface area contributed by atoms with Crippen molar-refractivity contribution in [3.63, 3.8) is 0 Å². The van der Waals surface area contributed by atoms with Gasteiger partial charge in [0, 0.05) is 43.2 Å². The Morgan fingerprint density at radius 2 is 1.11 bits per heavy atom. The second kappa shape index (κ2) is 14.1. The Kier molecular flexibility index (Phi) is 9.28. The first-order valence-corrected chi connectivity index (χ1v) is 24.7. The SMILES string of the molecule is CC(C)(C)c1ccc(N2c3cc(C(F)(F)F)cc4c3B(c3cc5c(cc3N4c3ccc4c(c3)C(C)(C)CCC4(C)C)C(C)(C)CCC5(C)C)c3sc4ccccc4c32)c(-c2ccccc2)c1. The zero-order valence-electron chi connectivity index (χ0n) is 40.3. The third kappa shape index (κ3) is 6.49. The average Bonchev–Trinajstić information content (AvgIpc) is 3.65. The van der Waals surface area contributed by atoms with E-state index in [0.717, 1.165) is 90.9 Å². The molecule has 2 nitrogen and oxygen atoms in total. The molecule has 0 N–H and O–H groups in total. The Bertz CT molecular complexity index is 3150. The molecule has 0 unspecified atom stereocenters. The summed E-state index contributed by atoms with van der Waals surface area (Å²) in [4.78, 5) is 4.44. The van der Waals surface area contributed by atoms with E-state index in [4.69, 9.17) is 0 Å². The average molecular weight is 897 g/mol. The molecule has 4 aliphatic rings. The number of rotatable bonds is 3. The molecule has 0 fully saturated rings. The van der Waals surface area contributed by atoms with Crippen molar-refractivity contribution in [2.45, 2.75) is 135 Å². The summed E-state index contributed by atoms with van der Waals surface area (Å²) < 4.78 is 50.1. The van der Waals surface area contributed by atoms with Gasteiger partial charge in [-0.15, -0.1) is 11.3 Å². The van der Waals surface area contributed by atoms with Gasteiger partial charge in [-0.2, -0.15) is 13.2 Å². The molecular weight excluding hydrogens is 837 g/mol. The standard InChI is InChI=1S/C59H60BF3N2S/c1-54(2,3)36-21-24-46(40(29-36)35-17-13-12-14-18-35)65-49-31-37(59(61,62)63)30-48-51(49)60(53-52(65)39-19-15-16-20-50(39)66-53)45-33-43-44(58(10,11)28-27-57(43,8)9)34-47(45)64(48)38-22-23-41-42(32-38)56(6,7)26-25-55(41,4)5/h12-24,29-34H,25-28H2,1-11H3. The molecule has 3 heterocycles. The Morgan fingerprint density at radius 1 is 0.530 bits per heavy atom. The van der Waals surface area contributed by atoms with Gasteiger partial charge in [-0.1, -0.05) is 143 Å². The van der Waals surface area contributed by atoms with Crippen LogP contribution in [0.25, 0.3) is 21.2 Å². The van der Waals surface area contributed by atoms with Gasteiger partial charge >= 0.3 is 6.18 Å². The van der Waals surface area contributed by atoms with Crippen molar-refractivity contribution >= 4 is 78.0 Å². The highest BCUT2D eigenvalue weighted by Gasteiger charge is 2.50. The summed E-state index contributed by atoms with van der Waals surface area (Å²) in [7, 11) is 0. The van der Waals surface area contributed by atoms with Gasteiger partial charge in [-0.3, -0.25) is 0 Å². The molecule has 0 spiro atoms. The zero-order chi connectivity index (χ0) is 46.7. The maximum absolute atomic E-state index is 16.0. The van der Waals surface area contributed by atoms with Gasteiger partial charge in [0.25, 0.3) is 6.71 Å². The summed E-state index contributed by atoms with van der Waals surface area (Å²) in [6, 6.07) is 40.0. The smallest absolute Gasteiger partial charge is 0.311 e. The van der Waals surface area contributed by atoms with E-state index >= 15 is 13.2 Å². The van der Waals surface area contributed by atoms with Crippen LogP contribution in [0.15, 0.2) is 115 Å². The molecule has 336 valence electrons. The highest BCUT2D eigenvalue weighted by Crippen LogP contribution is 2.55. The minimum absolute atomic E-state index is 0.0184. The van der Waals surface area contributed by atoms with Gasteiger partial charge < -0.3 is 9.80 Å². The molecule has 0 amide bonds. The number of benzene rings is 6. The summed E-state index contributed by atoms with van der Waals surface area (Å²) in [5.74, 6) is 0. The van der Waals surface area contributed by atoms with Gasteiger partial charge in [0.05, 0.1) is 16.9 Å². The molecule has 0 radical (unpaired) electrons. The lowest BCUT2D eigenvalue weighted by atomic mass is 9.35. The molecule has 7 aromatic rings. The fourth-order valence-corrected chi connectivity index (χ4v) is 13.3. The van der Waals surface area contributed by atoms with Crippen LogP contribution in [-0.2, 0) is 33.3 Å². The molecule has 0 atom stereocenters. The van der Waals surface area contributed by atoms with Gasteiger partial charge in [0.1, 0.15) is 0 Å². The van der Waals surface area contributed by atoms with Crippen LogP contribution >= 0.6 is 11.3 Å². The molecule has 0 bridgehead atoms. The lowest BCUT2D eigenvalue weighted by molar-refractivity contribution is -0.137. The highest BCUT2D eigenvalue weighted by atomic mass is 32.1. The van der Waals surface area contributed by atoms with E-state index < -0.39 is 11.7 Å². The van der Waals surface area contributed by atoms with E-state index in [9.17, 15) is 0 Å². The molecule has 6 aromatic carbocycles. The van der Waals surface area contributed by atoms with Crippen molar-refractivity contribution < 1.29 is 13.2 Å². The second-order valence-corrected chi connectivity index (χ2v) is 24.5. The van der Waals surface area contributed by atoms with Gasteiger partial charge in [0.15, 0.2) is 0 Å². The number of alkyl halides is 3. The van der Waals surface area contributed by atoms with E-state index in [1.165, 1.54) is 34.4 Å². The summed E-state index contributed by atoms with van der Waals surface area (Å²) in [5, 5.41) is 1.05. The summed E-state index contributed by atoms with van der Waals surface area (Å²) >= 11 is 1.79. The van der Waals surface area contributed by atoms with Gasteiger partial charge in [-0.25, -0.2) is 0 Å². The number of thiophene rings is 1. The third-order valence-electron chi connectivity index (χ3n) is 16.2. The van der Waals surface area contributed by atoms with Crippen LogP contribution in [0.3, 0.4) is 0 Å². The molecule has 0 saturated carbocycles. The Morgan fingerprint density at radius 3 is 1.74 bits per heavy atom. The van der Waals surface area contributed by atoms with Crippen LogP contribution in [0, 0.1) is 0 Å². The van der Waals surface area contributed by atoms with E-state index in [0.29, 0.717) is 11.4 Å². The number of nitrogens with zero attached hydrogens (tertiary/aromatic N) is 2. The maximum atomic E-state index is 16.0. The first-order valence-electron chi connectivity index (χ1n) is 23.9. The first kappa shape index (κ1) is 43.3. The molecule has 11 rings (SSSR count). The minimum Gasteiger partial charge on any atom is -0.311 e. The maximum Gasteiger partial charge on any atom is 0.416 e. The quantitative estimate of drug-likeness (QED) is 0.163. The third-order valence-corrected chi connectivity index (χ3v) is 17.4. The molecule has 66 heavy (non-hydrogen) atoms. The highest BCUT2D eigenvalue weighted by molar-refractivity contribution is 7.33. The molecule has 1 aromatic heterocycles. The van der Waals surface area contributed by atoms with Crippen LogP contribution < -0.4 is 25.5 Å². The van der Waals surface area contributed by atoms with E-state index in [1.807, 2.05) is 18.2 Å².